The summed E-state index contributed by atoms with van der Waals surface area (Å²) in [6, 6.07) is 4.19. The fraction of sp³-hybridized carbons (Fsp3) is 0.579. The second-order valence-electron chi connectivity index (χ2n) is 7.05. The Kier molecular flexibility index (Phi) is 6.12. The van der Waals surface area contributed by atoms with Crippen molar-refractivity contribution in [2.24, 2.45) is 0 Å². The van der Waals surface area contributed by atoms with Crippen LogP contribution in [0.2, 0.25) is 0 Å². The number of nitrogens with zero attached hydrogens (tertiary/aromatic N) is 1. The Labute approximate surface area is 164 Å². The first-order valence-electron chi connectivity index (χ1n) is 9.39. The highest BCUT2D eigenvalue weighted by molar-refractivity contribution is 7.91. The predicted molar refractivity (Wildman–Crippen MR) is 101 cm³/mol. The van der Waals surface area contributed by atoms with Crippen LogP contribution in [0.25, 0.3) is 0 Å². The molecule has 0 N–H and O–H groups in total. The molecule has 2 heterocycles. The number of esters is 1. The van der Waals surface area contributed by atoms with E-state index in [1.54, 1.807) is 17.0 Å². The summed E-state index contributed by atoms with van der Waals surface area (Å²) in [4.78, 5) is 26.6. The third-order valence-electron chi connectivity index (χ3n) is 5.06. The van der Waals surface area contributed by atoms with Crippen LogP contribution in [0, 0.1) is 0 Å². The highest BCUT2D eigenvalue weighted by Gasteiger charge is 2.36. The molecule has 0 radical (unpaired) electrons. The Morgan fingerprint density at radius 1 is 1.25 bits per heavy atom. The Balaban J connectivity index is 1.64. The number of carbonyl (C=O) groups excluding carboxylic acids is 2. The van der Waals surface area contributed by atoms with Gasteiger partial charge in [0.2, 0.25) is 0 Å². The minimum Gasteiger partial charge on any atom is -0.486 e. The van der Waals surface area contributed by atoms with Gasteiger partial charge in [0.15, 0.2) is 27.9 Å². The van der Waals surface area contributed by atoms with Crippen LogP contribution in [0.4, 0.5) is 0 Å². The number of carbonyl (C=O) groups is 2. The van der Waals surface area contributed by atoms with Crippen LogP contribution < -0.4 is 9.47 Å². The summed E-state index contributed by atoms with van der Waals surface area (Å²) in [5.41, 5.74) is 0.260. The molecule has 8 nitrogen and oxygen atoms in total. The molecule has 2 aliphatic rings. The van der Waals surface area contributed by atoms with Crippen molar-refractivity contribution < 1.29 is 32.2 Å². The number of sulfone groups is 1. The van der Waals surface area contributed by atoms with Crippen LogP contribution in [0.1, 0.15) is 37.0 Å². The molecular formula is C19H25NO7S. The first-order valence-corrected chi connectivity index (χ1v) is 11.2. The van der Waals surface area contributed by atoms with E-state index in [0.29, 0.717) is 37.6 Å². The van der Waals surface area contributed by atoms with E-state index in [1.165, 1.54) is 6.07 Å². The van der Waals surface area contributed by atoms with E-state index < -0.39 is 22.4 Å². The summed E-state index contributed by atoms with van der Waals surface area (Å²) < 4.78 is 39.7. The second-order valence-corrected chi connectivity index (χ2v) is 9.28. The summed E-state index contributed by atoms with van der Waals surface area (Å²) in [5.74, 6) is 0.0260. The standard InChI is InChI=1S/C19H25NO7S/c1-3-13(2)20(15-6-9-28(23,24)12-15)18(21)11-27-19(22)14-4-5-16-17(10-14)26-8-7-25-16/h4-5,10,13,15H,3,6-9,11-12H2,1-2H3. The molecule has 2 atom stereocenters. The zero-order chi connectivity index (χ0) is 20.3. The molecule has 0 bridgehead atoms. The van der Waals surface area contributed by atoms with Gasteiger partial charge in [0.1, 0.15) is 13.2 Å². The molecule has 2 unspecified atom stereocenters. The lowest BCUT2D eigenvalue weighted by Gasteiger charge is -2.33. The SMILES string of the molecule is CCC(C)N(C(=O)COC(=O)c1ccc2c(c1)OCCO2)C1CCS(=O)(=O)C1. The lowest BCUT2D eigenvalue weighted by molar-refractivity contribution is -0.138. The van der Waals surface area contributed by atoms with Crippen LogP contribution in [0.5, 0.6) is 11.5 Å². The molecule has 1 aromatic carbocycles. The molecule has 28 heavy (non-hydrogen) atoms. The average molecular weight is 411 g/mol. The van der Waals surface area contributed by atoms with E-state index in [1.807, 2.05) is 13.8 Å². The Morgan fingerprint density at radius 3 is 2.61 bits per heavy atom. The topological polar surface area (TPSA) is 99.2 Å². The van der Waals surface area contributed by atoms with Gasteiger partial charge in [-0.25, -0.2) is 13.2 Å². The minimum atomic E-state index is -3.13. The number of benzene rings is 1. The number of amides is 1. The van der Waals surface area contributed by atoms with E-state index in [4.69, 9.17) is 14.2 Å². The molecule has 1 aromatic rings. The number of ether oxygens (including phenoxy) is 3. The van der Waals surface area contributed by atoms with Gasteiger partial charge in [-0.3, -0.25) is 4.79 Å². The molecule has 0 aliphatic carbocycles. The minimum absolute atomic E-state index is 0.0425. The summed E-state index contributed by atoms with van der Waals surface area (Å²) in [7, 11) is -3.13. The molecule has 0 saturated carbocycles. The monoisotopic (exact) mass is 411 g/mol. The smallest absolute Gasteiger partial charge is 0.338 e. The lowest BCUT2D eigenvalue weighted by atomic mass is 10.1. The van der Waals surface area contributed by atoms with E-state index in [-0.39, 0.29) is 35.1 Å². The van der Waals surface area contributed by atoms with Gasteiger partial charge in [0.05, 0.1) is 17.1 Å². The predicted octanol–water partition coefficient (Wildman–Crippen LogP) is 1.43. The number of hydrogen-bond acceptors (Lipinski definition) is 7. The number of rotatable bonds is 6. The van der Waals surface area contributed by atoms with Gasteiger partial charge in [0.25, 0.3) is 5.91 Å². The first kappa shape index (κ1) is 20.4. The lowest BCUT2D eigenvalue weighted by Crippen LogP contribution is -2.48. The molecule has 1 fully saturated rings. The fourth-order valence-electron chi connectivity index (χ4n) is 3.46. The molecule has 1 amide bonds. The number of fused-ring (bicyclic) bond motifs is 1. The van der Waals surface area contributed by atoms with Crippen LogP contribution in [0.15, 0.2) is 18.2 Å². The molecule has 154 valence electrons. The van der Waals surface area contributed by atoms with Gasteiger partial charge in [-0.2, -0.15) is 0 Å². The molecular weight excluding hydrogens is 386 g/mol. The van der Waals surface area contributed by atoms with Crippen LogP contribution in [-0.2, 0) is 19.4 Å². The molecule has 2 aliphatic heterocycles. The highest BCUT2D eigenvalue weighted by atomic mass is 32.2. The average Bonchev–Trinajstić information content (AvgIpc) is 3.04. The highest BCUT2D eigenvalue weighted by Crippen LogP contribution is 2.31. The Morgan fingerprint density at radius 2 is 1.96 bits per heavy atom. The second kappa shape index (κ2) is 8.38. The van der Waals surface area contributed by atoms with Gasteiger partial charge in [0, 0.05) is 12.1 Å². The molecule has 0 spiro atoms. The quantitative estimate of drug-likeness (QED) is 0.653. The third kappa shape index (κ3) is 4.57. The summed E-state index contributed by atoms with van der Waals surface area (Å²) >= 11 is 0. The van der Waals surface area contributed by atoms with Gasteiger partial charge in [-0.1, -0.05) is 6.92 Å². The van der Waals surface area contributed by atoms with Gasteiger partial charge in [-0.05, 0) is 38.0 Å². The maximum absolute atomic E-state index is 12.7. The molecule has 9 heteroatoms. The molecule has 3 rings (SSSR count). The maximum Gasteiger partial charge on any atom is 0.338 e. The summed E-state index contributed by atoms with van der Waals surface area (Å²) in [5, 5.41) is 0. The van der Waals surface area contributed by atoms with E-state index in [9.17, 15) is 18.0 Å². The van der Waals surface area contributed by atoms with Crippen molar-refractivity contribution in [2.45, 2.75) is 38.8 Å². The van der Waals surface area contributed by atoms with Crippen molar-refractivity contribution >= 4 is 21.7 Å². The molecule has 0 aromatic heterocycles. The van der Waals surface area contributed by atoms with Crippen LogP contribution in [0.3, 0.4) is 0 Å². The molecule has 1 saturated heterocycles. The van der Waals surface area contributed by atoms with E-state index in [0.717, 1.165) is 0 Å². The van der Waals surface area contributed by atoms with Crippen molar-refractivity contribution in [1.29, 1.82) is 0 Å². The summed E-state index contributed by atoms with van der Waals surface area (Å²) in [6.45, 7) is 4.21. The normalized spacial score (nSPS) is 21.0. The van der Waals surface area contributed by atoms with Crippen molar-refractivity contribution in [3.05, 3.63) is 23.8 Å². The Bertz CT molecular complexity index is 852. The largest absolute Gasteiger partial charge is 0.486 e. The van der Waals surface area contributed by atoms with Crippen molar-refractivity contribution in [3.8, 4) is 11.5 Å². The van der Waals surface area contributed by atoms with E-state index in [2.05, 4.69) is 0 Å². The van der Waals surface area contributed by atoms with Crippen molar-refractivity contribution in [3.63, 3.8) is 0 Å². The fourth-order valence-corrected chi connectivity index (χ4v) is 5.17. The summed E-state index contributed by atoms with van der Waals surface area (Å²) in [6.07, 6.45) is 1.09. The van der Waals surface area contributed by atoms with Crippen molar-refractivity contribution in [2.75, 3.05) is 31.3 Å². The Hall–Kier alpha value is -2.29. The van der Waals surface area contributed by atoms with Gasteiger partial charge in [-0.15, -0.1) is 0 Å². The zero-order valence-corrected chi connectivity index (χ0v) is 16.9. The van der Waals surface area contributed by atoms with Gasteiger partial charge >= 0.3 is 5.97 Å². The van der Waals surface area contributed by atoms with Crippen LogP contribution in [-0.4, -0.2) is 68.6 Å². The van der Waals surface area contributed by atoms with Crippen molar-refractivity contribution in [1.82, 2.24) is 4.90 Å². The first-order chi connectivity index (χ1) is 13.3. The zero-order valence-electron chi connectivity index (χ0n) is 16.0. The van der Waals surface area contributed by atoms with E-state index >= 15 is 0 Å². The van der Waals surface area contributed by atoms with Gasteiger partial charge < -0.3 is 19.1 Å². The van der Waals surface area contributed by atoms with Crippen LogP contribution >= 0.6 is 0 Å². The third-order valence-corrected chi connectivity index (χ3v) is 6.81. The number of hydrogen-bond donors (Lipinski definition) is 0. The maximum atomic E-state index is 12.7.